The van der Waals surface area contributed by atoms with Gasteiger partial charge >= 0.3 is 5.97 Å². The molecule has 0 bridgehead atoms. The number of likely N-dealkylation sites (tertiary alicyclic amines) is 1. The van der Waals surface area contributed by atoms with Gasteiger partial charge in [0.05, 0.1) is 16.1 Å². The number of aliphatic carboxylic acids is 1. The van der Waals surface area contributed by atoms with Crippen LogP contribution in [0.2, 0.25) is 10.0 Å². The summed E-state index contributed by atoms with van der Waals surface area (Å²) in [4.78, 5) is 14.9. The fourth-order valence-corrected chi connectivity index (χ4v) is 4.35. The fraction of sp³-hybridized carbons (Fsp3) is 0.353. The largest absolute Gasteiger partial charge is 0.480 e. The first-order valence-electron chi connectivity index (χ1n) is 7.55. The Balaban J connectivity index is 2.05. The van der Waals surface area contributed by atoms with Crippen LogP contribution in [0, 0.1) is 0 Å². The van der Waals surface area contributed by atoms with Crippen molar-refractivity contribution in [1.29, 1.82) is 0 Å². The first-order chi connectivity index (χ1) is 11.1. The van der Waals surface area contributed by atoms with Crippen molar-refractivity contribution >= 4 is 40.5 Å². The second-order valence-electron chi connectivity index (χ2n) is 5.68. The Kier molecular flexibility index (Phi) is 5.27. The van der Waals surface area contributed by atoms with E-state index in [2.05, 4.69) is 4.90 Å². The molecule has 2 atom stereocenters. The van der Waals surface area contributed by atoms with Crippen LogP contribution in [-0.4, -0.2) is 28.6 Å². The maximum Gasteiger partial charge on any atom is 0.320 e. The summed E-state index contributed by atoms with van der Waals surface area (Å²) in [5.74, 6) is -0.758. The average Bonchev–Trinajstić information content (AvgIpc) is 3.05. The van der Waals surface area contributed by atoms with Crippen molar-refractivity contribution in [2.75, 3.05) is 6.54 Å². The van der Waals surface area contributed by atoms with Crippen molar-refractivity contribution in [1.82, 2.24) is 4.90 Å². The van der Waals surface area contributed by atoms with Crippen LogP contribution in [0.5, 0.6) is 0 Å². The molecule has 2 heterocycles. The number of rotatable bonds is 4. The number of hydrogen-bond acceptors (Lipinski definition) is 3. The molecule has 23 heavy (non-hydrogen) atoms. The predicted molar refractivity (Wildman–Crippen MR) is 94.6 cm³/mol. The molecule has 0 aliphatic carbocycles. The maximum atomic E-state index is 11.7. The van der Waals surface area contributed by atoms with Gasteiger partial charge in [0.1, 0.15) is 6.04 Å². The zero-order valence-electron chi connectivity index (χ0n) is 12.4. The van der Waals surface area contributed by atoms with E-state index in [1.165, 1.54) is 0 Å². The zero-order valence-corrected chi connectivity index (χ0v) is 14.7. The first-order valence-corrected chi connectivity index (χ1v) is 9.18. The molecule has 1 N–H and O–H groups in total. The molecule has 1 aromatic heterocycles. The lowest BCUT2D eigenvalue weighted by Crippen LogP contribution is -2.46. The second kappa shape index (κ2) is 7.22. The second-order valence-corrected chi connectivity index (χ2v) is 7.47. The van der Waals surface area contributed by atoms with Gasteiger partial charge in [0, 0.05) is 4.88 Å². The number of nitrogens with zero attached hydrogens (tertiary/aromatic N) is 1. The fourth-order valence-electron chi connectivity index (χ4n) is 3.18. The summed E-state index contributed by atoms with van der Waals surface area (Å²) in [6, 6.07) is 9.03. The number of piperidine rings is 1. The average molecular weight is 370 g/mol. The summed E-state index contributed by atoms with van der Waals surface area (Å²) in [5.41, 5.74) is 0.981. The minimum absolute atomic E-state index is 0.105. The highest BCUT2D eigenvalue weighted by atomic mass is 35.5. The third kappa shape index (κ3) is 3.56. The first kappa shape index (κ1) is 16.8. The lowest BCUT2D eigenvalue weighted by molar-refractivity contribution is -0.145. The smallest absolute Gasteiger partial charge is 0.320 e. The van der Waals surface area contributed by atoms with Crippen LogP contribution in [0.15, 0.2) is 35.7 Å². The molecule has 3 rings (SSSR count). The third-order valence-electron chi connectivity index (χ3n) is 4.23. The van der Waals surface area contributed by atoms with Gasteiger partial charge in [-0.2, -0.15) is 0 Å². The van der Waals surface area contributed by atoms with Crippen molar-refractivity contribution in [2.24, 2.45) is 0 Å². The van der Waals surface area contributed by atoms with Crippen LogP contribution in [-0.2, 0) is 4.79 Å². The Bertz CT molecular complexity index is 690. The number of carbonyl (C=O) groups is 1. The highest BCUT2D eigenvalue weighted by Gasteiger charge is 2.35. The minimum atomic E-state index is -0.758. The highest BCUT2D eigenvalue weighted by molar-refractivity contribution is 7.10. The lowest BCUT2D eigenvalue weighted by Gasteiger charge is -2.39. The normalized spacial score (nSPS) is 20.3. The topological polar surface area (TPSA) is 40.5 Å². The van der Waals surface area contributed by atoms with Crippen LogP contribution < -0.4 is 0 Å². The molecule has 3 nitrogen and oxygen atoms in total. The molecule has 1 aliphatic heterocycles. The Hall–Kier alpha value is -1.07. The quantitative estimate of drug-likeness (QED) is 0.816. The standard InChI is InChI=1S/C17H17Cl2NO2S/c18-12-7-6-11(10-13(12)19)16(15-5-3-9-23-15)20-8-2-1-4-14(20)17(21)22/h3,5-7,9-10,14,16H,1-2,4,8H2,(H,21,22). The Morgan fingerprint density at radius 3 is 2.74 bits per heavy atom. The highest BCUT2D eigenvalue weighted by Crippen LogP contribution is 2.38. The molecule has 0 spiro atoms. The summed E-state index contributed by atoms with van der Waals surface area (Å²) in [6.07, 6.45) is 2.64. The van der Waals surface area contributed by atoms with Gasteiger partial charge in [0.25, 0.3) is 0 Å². The molecule has 2 unspecified atom stereocenters. The Morgan fingerprint density at radius 1 is 1.26 bits per heavy atom. The van der Waals surface area contributed by atoms with Gasteiger partial charge in [-0.15, -0.1) is 11.3 Å². The Morgan fingerprint density at radius 2 is 2.09 bits per heavy atom. The van der Waals surface area contributed by atoms with Gasteiger partial charge in [0.15, 0.2) is 0 Å². The zero-order chi connectivity index (χ0) is 16.4. The molecule has 2 aromatic rings. The molecule has 6 heteroatoms. The van der Waals surface area contributed by atoms with E-state index in [-0.39, 0.29) is 6.04 Å². The van der Waals surface area contributed by atoms with E-state index in [0.717, 1.165) is 29.8 Å². The van der Waals surface area contributed by atoms with Crippen molar-refractivity contribution in [3.8, 4) is 0 Å². The predicted octanol–water partition coefficient (Wildman–Crippen LogP) is 5.08. The van der Waals surface area contributed by atoms with Gasteiger partial charge in [-0.3, -0.25) is 9.69 Å². The van der Waals surface area contributed by atoms with E-state index in [1.54, 1.807) is 17.4 Å². The van der Waals surface area contributed by atoms with Crippen LogP contribution in [0.25, 0.3) is 0 Å². The molecule has 0 radical (unpaired) electrons. The molecular formula is C17H17Cl2NO2S. The van der Waals surface area contributed by atoms with E-state index >= 15 is 0 Å². The van der Waals surface area contributed by atoms with Gasteiger partial charge in [-0.25, -0.2) is 0 Å². The van der Waals surface area contributed by atoms with E-state index in [4.69, 9.17) is 23.2 Å². The lowest BCUT2D eigenvalue weighted by atomic mass is 9.95. The third-order valence-corrected chi connectivity index (χ3v) is 5.90. The number of hydrogen-bond donors (Lipinski definition) is 1. The van der Waals surface area contributed by atoms with Crippen molar-refractivity contribution in [3.63, 3.8) is 0 Å². The van der Waals surface area contributed by atoms with Crippen LogP contribution >= 0.6 is 34.5 Å². The van der Waals surface area contributed by atoms with Crippen LogP contribution in [0.1, 0.15) is 35.7 Å². The SMILES string of the molecule is O=C(O)C1CCCCN1C(c1ccc(Cl)c(Cl)c1)c1cccs1. The molecule has 0 amide bonds. The monoisotopic (exact) mass is 369 g/mol. The summed E-state index contributed by atoms with van der Waals surface area (Å²) < 4.78 is 0. The molecule has 0 saturated carbocycles. The number of carboxylic acid groups (broad SMARTS) is 1. The molecule has 1 aliphatic rings. The Labute approximate surface area is 149 Å². The van der Waals surface area contributed by atoms with Gasteiger partial charge < -0.3 is 5.11 Å². The van der Waals surface area contributed by atoms with Crippen LogP contribution in [0.4, 0.5) is 0 Å². The summed E-state index contributed by atoms with van der Waals surface area (Å²) >= 11 is 13.9. The number of halogens is 2. The van der Waals surface area contributed by atoms with Gasteiger partial charge in [0.2, 0.25) is 0 Å². The van der Waals surface area contributed by atoms with Gasteiger partial charge in [-0.1, -0.05) is 41.8 Å². The van der Waals surface area contributed by atoms with Crippen molar-refractivity contribution in [3.05, 3.63) is 56.2 Å². The van der Waals surface area contributed by atoms with Crippen molar-refractivity contribution < 1.29 is 9.90 Å². The number of benzene rings is 1. The maximum absolute atomic E-state index is 11.7. The summed E-state index contributed by atoms with van der Waals surface area (Å²) in [7, 11) is 0. The van der Waals surface area contributed by atoms with E-state index in [1.807, 2.05) is 29.6 Å². The molecular weight excluding hydrogens is 353 g/mol. The van der Waals surface area contributed by atoms with Crippen LogP contribution in [0.3, 0.4) is 0 Å². The van der Waals surface area contributed by atoms with E-state index in [0.29, 0.717) is 16.5 Å². The summed E-state index contributed by atoms with van der Waals surface area (Å²) in [6.45, 7) is 0.764. The molecule has 122 valence electrons. The summed E-state index contributed by atoms with van der Waals surface area (Å²) in [5, 5.41) is 12.6. The molecule has 1 saturated heterocycles. The minimum Gasteiger partial charge on any atom is -0.480 e. The molecule has 1 aromatic carbocycles. The number of thiophene rings is 1. The molecule has 1 fully saturated rings. The van der Waals surface area contributed by atoms with E-state index < -0.39 is 12.0 Å². The van der Waals surface area contributed by atoms with E-state index in [9.17, 15) is 9.90 Å². The van der Waals surface area contributed by atoms with Gasteiger partial charge in [-0.05, 0) is 48.5 Å². The number of carboxylic acids is 1. The van der Waals surface area contributed by atoms with Crippen molar-refractivity contribution in [2.45, 2.75) is 31.3 Å².